The van der Waals surface area contributed by atoms with E-state index in [1.807, 2.05) is 18.2 Å². The highest BCUT2D eigenvalue weighted by Gasteiger charge is 2.25. The van der Waals surface area contributed by atoms with Gasteiger partial charge in [0, 0.05) is 37.8 Å². The predicted molar refractivity (Wildman–Crippen MR) is 99.4 cm³/mol. The summed E-state index contributed by atoms with van der Waals surface area (Å²) in [5, 5.41) is 5.39. The van der Waals surface area contributed by atoms with Crippen molar-refractivity contribution < 1.29 is 4.79 Å². The third kappa shape index (κ3) is 3.31. The van der Waals surface area contributed by atoms with Crippen LogP contribution in [-0.4, -0.2) is 35.0 Å². The molecule has 5 heteroatoms. The second kappa shape index (κ2) is 6.51. The highest BCUT2D eigenvalue weighted by molar-refractivity contribution is 5.86. The van der Waals surface area contributed by atoms with E-state index >= 15 is 0 Å². The maximum atomic E-state index is 11.2. The van der Waals surface area contributed by atoms with Crippen LogP contribution < -0.4 is 10.2 Å². The maximum absolute atomic E-state index is 11.2. The third-order valence-electron chi connectivity index (χ3n) is 4.57. The van der Waals surface area contributed by atoms with Crippen molar-refractivity contribution in [2.75, 3.05) is 18.0 Å². The van der Waals surface area contributed by atoms with E-state index in [9.17, 15) is 4.79 Å². The van der Waals surface area contributed by atoms with Crippen LogP contribution in [0.2, 0.25) is 0 Å². The van der Waals surface area contributed by atoms with Crippen molar-refractivity contribution in [2.24, 2.45) is 0 Å². The number of carbonyl (C=O) groups excluding carboxylic acids is 1. The van der Waals surface area contributed by atoms with Crippen molar-refractivity contribution in [3.8, 4) is 11.3 Å². The Kier molecular flexibility index (Phi) is 4.06. The van der Waals surface area contributed by atoms with Gasteiger partial charge in [0.2, 0.25) is 11.9 Å². The Balaban J connectivity index is 1.59. The molecule has 4 rings (SSSR count). The molecule has 2 aromatic carbocycles. The van der Waals surface area contributed by atoms with E-state index in [2.05, 4.69) is 45.5 Å². The first-order valence-electron chi connectivity index (χ1n) is 8.53. The second-order valence-electron chi connectivity index (χ2n) is 6.44. The van der Waals surface area contributed by atoms with Gasteiger partial charge in [0.15, 0.2) is 0 Å². The van der Waals surface area contributed by atoms with Crippen molar-refractivity contribution in [3.63, 3.8) is 0 Å². The predicted octanol–water partition coefficient (Wildman–Crippen LogP) is 3.01. The van der Waals surface area contributed by atoms with E-state index in [1.54, 1.807) is 13.1 Å². The van der Waals surface area contributed by atoms with Crippen molar-refractivity contribution in [3.05, 3.63) is 54.7 Å². The number of hydrogen-bond acceptors (Lipinski definition) is 4. The van der Waals surface area contributed by atoms with Crippen LogP contribution in [-0.2, 0) is 4.79 Å². The molecule has 1 aliphatic heterocycles. The quantitative estimate of drug-likeness (QED) is 0.801. The minimum absolute atomic E-state index is 0.0117. The number of benzene rings is 2. The summed E-state index contributed by atoms with van der Waals surface area (Å²) in [4.78, 5) is 22.5. The van der Waals surface area contributed by atoms with Gasteiger partial charge in [0.1, 0.15) is 0 Å². The summed E-state index contributed by atoms with van der Waals surface area (Å²) < 4.78 is 0. The fraction of sp³-hybridized carbons (Fsp3) is 0.250. The number of rotatable bonds is 3. The molecule has 1 aliphatic rings. The van der Waals surface area contributed by atoms with E-state index in [-0.39, 0.29) is 11.9 Å². The highest BCUT2D eigenvalue weighted by atomic mass is 16.1. The molecule has 1 N–H and O–H groups in total. The number of amides is 1. The van der Waals surface area contributed by atoms with Gasteiger partial charge in [-0.1, -0.05) is 36.4 Å². The molecule has 1 fully saturated rings. The molecule has 0 saturated carbocycles. The smallest absolute Gasteiger partial charge is 0.225 e. The zero-order valence-corrected chi connectivity index (χ0v) is 14.1. The first-order chi connectivity index (χ1) is 12.2. The molecule has 0 bridgehead atoms. The molecule has 0 unspecified atom stereocenters. The zero-order chi connectivity index (χ0) is 17.2. The number of nitrogens with zero attached hydrogens (tertiary/aromatic N) is 3. The number of hydrogen-bond donors (Lipinski definition) is 1. The Morgan fingerprint density at radius 2 is 2.00 bits per heavy atom. The van der Waals surface area contributed by atoms with Gasteiger partial charge in [-0.2, -0.15) is 0 Å². The van der Waals surface area contributed by atoms with Crippen LogP contribution in [0.1, 0.15) is 13.3 Å². The topological polar surface area (TPSA) is 58.1 Å². The molecular weight excluding hydrogens is 312 g/mol. The van der Waals surface area contributed by atoms with Crippen LogP contribution in [0, 0.1) is 0 Å². The first-order valence-corrected chi connectivity index (χ1v) is 8.53. The van der Waals surface area contributed by atoms with Gasteiger partial charge in [0.25, 0.3) is 0 Å². The molecule has 126 valence electrons. The van der Waals surface area contributed by atoms with Gasteiger partial charge in [0.05, 0.1) is 5.69 Å². The Hall–Kier alpha value is -2.95. The van der Waals surface area contributed by atoms with Crippen LogP contribution in [0.4, 0.5) is 5.95 Å². The second-order valence-corrected chi connectivity index (χ2v) is 6.44. The standard InChI is InChI=1S/C20H20N4O/c1-14(25)22-18-9-11-24(13-18)20-21-10-8-19(23-20)17-7-6-15-4-2-3-5-16(15)12-17/h2-8,10,12,18H,9,11,13H2,1H3,(H,22,25)/t18-/m1/s1. The summed E-state index contributed by atoms with van der Waals surface area (Å²) in [5.41, 5.74) is 2.00. The summed E-state index contributed by atoms with van der Waals surface area (Å²) in [6.07, 6.45) is 2.72. The number of aromatic nitrogens is 2. The molecule has 3 aromatic rings. The van der Waals surface area contributed by atoms with Gasteiger partial charge in [-0.15, -0.1) is 0 Å². The molecule has 0 radical (unpaired) electrons. The molecule has 1 aromatic heterocycles. The highest BCUT2D eigenvalue weighted by Crippen LogP contribution is 2.25. The Morgan fingerprint density at radius 3 is 2.84 bits per heavy atom. The molecule has 25 heavy (non-hydrogen) atoms. The number of fused-ring (bicyclic) bond motifs is 1. The molecule has 0 aliphatic carbocycles. The van der Waals surface area contributed by atoms with Crippen molar-refractivity contribution in [1.29, 1.82) is 0 Å². The lowest BCUT2D eigenvalue weighted by atomic mass is 10.1. The average molecular weight is 332 g/mol. The number of nitrogens with one attached hydrogen (secondary N) is 1. The molecule has 5 nitrogen and oxygen atoms in total. The van der Waals surface area contributed by atoms with E-state index in [0.29, 0.717) is 0 Å². The average Bonchev–Trinajstić information content (AvgIpc) is 3.09. The lowest BCUT2D eigenvalue weighted by molar-refractivity contribution is -0.119. The minimum Gasteiger partial charge on any atom is -0.352 e. The zero-order valence-electron chi connectivity index (χ0n) is 14.1. The summed E-state index contributed by atoms with van der Waals surface area (Å²) in [5.74, 6) is 0.733. The van der Waals surface area contributed by atoms with Gasteiger partial charge in [-0.3, -0.25) is 4.79 Å². The lowest BCUT2D eigenvalue weighted by Gasteiger charge is -2.17. The Bertz CT molecular complexity index is 924. The van der Waals surface area contributed by atoms with Crippen LogP contribution in [0.3, 0.4) is 0 Å². The summed E-state index contributed by atoms with van der Waals surface area (Å²) in [7, 11) is 0. The van der Waals surface area contributed by atoms with Gasteiger partial charge in [-0.05, 0) is 29.3 Å². The molecular formula is C20H20N4O. The minimum atomic E-state index is 0.0117. The Morgan fingerprint density at radius 1 is 1.16 bits per heavy atom. The fourth-order valence-electron chi connectivity index (χ4n) is 3.36. The Labute approximate surface area is 146 Å². The molecule has 0 spiro atoms. The normalized spacial score (nSPS) is 17.0. The van der Waals surface area contributed by atoms with Crippen molar-refractivity contribution in [2.45, 2.75) is 19.4 Å². The summed E-state index contributed by atoms with van der Waals surface area (Å²) in [6, 6.07) is 16.8. The van der Waals surface area contributed by atoms with Crippen LogP contribution >= 0.6 is 0 Å². The first kappa shape index (κ1) is 15.6. The van der Waals surface area contributed by atoms with Gasteiger partial charge in [-0.25, -0.2) is 9.97 Å². The third-order valence-corrected chi connectivity index (χ3v) is 4.57. The van der Waals surface area contributed by atoms with E-state index in [4.69, 9.17) is 4.98 Å². The number of carbonyl (C=O) groups is 1. The SMILES string of the molecule is CC(=O)N[C@@H]1CCN(c2nccc(-c3ccc4ccccc4c3)n2)C1. The van der Waals surface area contributed by atoms with E-state index < -0.39 is 0 Å². The van der Waals surface area contributed by atoms with Gasteiger partial charge >= 0.3 is 0 Å². The largest absolute Gasteiger partial charge is 0.352 e. The van der Waals surface area contributed by atoms with Crippen LogP contribution in [0.5, 0.6) is 0 Å². The fourth-order valence-corrected chi connectivity index (χ4v) is 3.36. The van der Waals surface area contributed by atoms with Crippen LogP contribution in [0.15, 0.2) is 54.7 Å². The van der Waals surface area contributed by atoms with E-state index in [0.717, 1.165) is 36.7 Å². The summed E-state index contributed by atoms with van der Waals surface area (Å²) in [6.45, 7) is 3.16. The van der Waals surface area contributed by atoms with Crippen LogP contribution in [0.25, 0.3) is 22.0 Å². The van der Waals surface area contributed by atoms with Gasteiger partial charge < -0.3 is 10.2 Å². The van der Waals surface area contributed by atoms with E-state index in [1.165, 1.54) is 10.8 Å². The summed E-state index contributed by atoms with van der Waals surface area (Å²) >= 11 is 0. The monoisotopic (exact) mass is 332 g/mol. The molecule has 1 saturated heterocycles. The molecule has 2 heterocycles. The number of anilines is 1. The van der Waals surface area contributed by atoms with Crippen molar-refractivity contribution in [1.82, 2.24) is 15.3 Å². The molecule has 1 amide bonds. The maximum Gasteiger partial charge on any atom is 0.225 e. The molecule has 1 atom stereocenters. The van der Waals surface area contributed by atoms with Crippen molar-refractivity contribution >= 4 is 22.6 Å². The lowest BCUT2D eigenvalue weighted by Crippen LogP contribution is -2.35.